The van der Waals surface area contributed by atoms with E-state index in [1.165, 1.54) is 19.3 Å². The van der Waals surface area contributed by atoms with Gasteiger partial charge in [-0.2, -0.15) is 0 Å². The molecular weight excluding hydrogens is 284 g/mol. The maximum absolute atomic E-state index is 5.99. The molecule has 2 nitrogen and oxygen atoms in total. The van der Waals surface area contributed by atoms with E-state index in [9.17, 15) is 0 Å². The molecule has 23 heavy (non-hydrogen) atoms. The van der Waals surface area contributed by atoms with E-state index in [2.05, 4.69) is 33.9 Å². The quantitative estimate of drug-likeness (QED) is 0.483. The second kappa shape index (κ2) is 10.1. The SMILES string of the molecule is C=Cc1cc(OCCC(C)CCCC(C)C)c(C=C)cc1OC. The molecule has 0 saturated heterocycles. The van der Waals surface area contributed by atoms with Gasteiger partial charge in [0, 0.05) is 11.1 Å². The summed E-state index contributed by atoms with van der Waals surface area (Å²) in [6.07, 6.45) is 8.55. The highest BCUT2D eigenvalue weighted by atomic mass is 16.5. The minimum absolute atomic E-state index is 0.693. The van der Waals surface area contributed by atoms with Crippen molar-refractivity contribution in [3.8, 4) is 11.5 Å². The van der Waals surface area contributed by atoms with Gasteiger partial charge in [-0.05, 0) is 30.4 Å². The Bertz CT molecular complexity index is 503. The van der Waals surface area contributed by atoms with Crippen LogP contribution in [0.5, 0.6) is 11.5 Å². The van der Waals surface area contributed by atoms with Gasteiger partial charge in [0.15, 0.2) is 0 Å². The number of benzene rings is 1. The second-order valence-electron chi connectivity index (χ2n) is 6.61. The summed E-state index contributed by atoms with van der Waals surface area (Å²) in [4.78, 5) is 0. The van der Waals surface area contributed by atoms with Crippen LogP contribution in [0.3, 0.4) is 0 Å². The number of ether oxygens (including phenoxy) is 2. The third-order valence-corrected chi connectivity index (χ3v) is 4.15. The normalized spacial score (nSPS) is 12.0. The van der Waals surface area contributed by atoms with E-state index in [1.807, 2.05) is 12.1 Å². The van der Waals surface area contributed by atoms with E-state index in [-0.39, 0.29) is 0 Å². The lowest BCUT2D eigenvalue weighted by Crippen LogP contribution is -2.06. The third kappa shape index (κ3) is 6.52. The van der Waals surface area contributed by atoms with Crippen molar-refractivity contribution in [1.82, 2.24) is 0 Å². The van der Waals surface area contributed by atoms with Crippen LogP contribution in [0, 0.1) is 11.8 Å². The highest BCUT2D eigenvalue weighted by Gasteiger charge is 2.09. The van der Waals surface area contributed by atoms with Crippen molar-refractivity contribution < 1.29 is 9.47 Å². The molecule has 0 aromatic heterocycles. The van der Waals surface area contributed by atoms with Gasteiger partial charge in [0.1, 0.15) is 11.5 Å². The van der Waals surface area contributed by atoms with Crippen LogP contribution in [0.2, 0.25) is 0 Å². The molecular formula is C21H32O2. The Hall–Kier alpha value is -1.70. The van der Waals surface area contributed by atoms with Gasteiger partial charge in [-0.1, -0.05) is 65.3 Å². The zero-order valence-electron chi connectivity index (χ0n) is 15.2. The molecule has 0 aliphatic rings. The number of methoxy groups -OCH3 is 1. The fraction of sp³-hybridized carbons (Fsp3) is 0.524. The van der Waals surface area contributed by atoms with E-state index in [0.29, 0.717) is 5.92 Å². The lowest BCUT2D eigenvalue weighted by Gasteiger charge is -2.16. The molecule has 2 heteroatoms. The Morgan fingerprint density at radius 1 is 0.957 bits per heavy atom. The first-order valence-electron chi connectivity index (χ1n) is 8.61. The first-order chi connectivity index (χ1) is 11.0. The van der Waals surface area contributed by atoms with Crippen molar-refractivity contribution in [1.29, 1.82) is 0 Å². The van der Waals surface area contributed by atoms with Gasteiger partial charge < -0.3 is 9.47 Å². The average molecular weight is 316 g/mol. The molecule has 0 amide bonds. The molecule has 0 aliphatic carbocycles. The van der Waals surface area contributed by atoms with Gasteiger partial charge in [0.25, 0.3) is 0 Å². The van der Waals surface area contributed by atoms with Gasteiger partial charge in [-0.25, -0.2) is 0 Å². The molecule has 1 aromatic carbocycles. The Kier molecular flexibility index (Phi) is 8.53. The monoisotopic (exact) mass is 316 g/mol. The maximum Gasteiger partial charge on any atom is 0.127 e. The topological polar surface area (TPSA) is 18.5 Å². The third-order valence-electron chi connectivity index (χ3n) is 4.15. The van der Waals surface area contributed by atoms with Crippen molar-refractivity contribution in [3.05, 3.63) is 36.4 Å². The van der Waals surface area contributed by atoms with Crippen LogP contribution < -0.4 is 9.47 Å². The molecule has 0 fully saturated rings. The van der Waals surface area contributed by atoms with Crippen LogP contribution in [0.25, 0.3) is 12.2 Å². The molecule has 0 aliphatic heterocycles. The van der Waals surface area contributed by atoms with Crippen LogP contribution >= 0.6 is 0 Å². The van der Waals surface area contributed by atoms with E-state index in [0.717, 1.165) is 41.6 Å². The van der Waals surface area contributed by atoms with Crippen LogP contribution in [-0.4, -0.2) is 13.7 Å². The summed E-state index contributed by atoms with van der Waals surface area (Å²) in [5.74, 6) is 3.14. The van der Waals surface area contributed by atoms with Crippen molar-refractivity contribution in [2.45, 2.75) is 46.5 Å². The molecule has 128 valence electrons. The number of rotatable bonds is 11. The van der Waals surface area contributed by atoms with Crippen LogP contribution in [0.4, 0.5) is 0 Å². The fourth-order valence-electron chi connectivity index (χ4n) is 2.60. The van der Waals surface area contributed by atoms with Gasteiger partial charge in [-0.15, -0.1) is 0 Å². The van der Waals surface area contributed by atoms with Crippen LogP contribution in [0.1, 0.15) is 57.6 Å². The predicted octanol–water partition coefficient (Wildman–Crippen LogP) is 6.21. The summed E-state index contributed by atoms with van der Waals surface area (Å²) in [5, 5.41) is 0. The van der Waals surface area contributed by atoms with Gasteiger partial charge in [0.05, 0.1) is 13.7 Å². The fourth-order valence-corrected chi connectivity index (χ4v) is 2.60. The van der Waals surface area contributed by atoms with Gasteiger partial charge >= 0.3 is 0 Å². The zero-order chi connectivity index (χ0) is 17.2. The van der Waals surface area contributed by atoms with Crippen molar-refractivity contribution in [2.24, 2.45) is 11.8 Å². The molecule has 1 atom stereocenters. The van der Waals surface area contributed by atoms with Gasteiger partial charge in [0.2, 0.25) is 0 Å². The molecule has 1 unspecified atom stereocenters. The zero-order valence-corrected chi connectivity index (χ0v) is 15.2. The number of hydrogen-bond donors (Lipinski definition) is 0. The molecule has 0 radical (unpaired) electrons. The lowest BCUT2D eigenvalue weighted by molar-refractivity contribution is 0.275. The number of hydrogen-bond acceptors (Lipinski definition) is 2. The molecule has 0 saturated carbocycles. The largest absolute Gasteiger partial charge is 0.496 e. The first kappa shape index (κ1) is 19.3. The summed E-state index contributed by atoms with van der Waals surface area (Å²) in [7, 11) is 1.66. The summed E-state index contributed by atoms with van der Waals surface area (Å²) in [5.41, 5.74) is 1.90. The van der Waals surface area contributed by atoms with Gasteiger partial charge in [-0.3, -0.25) is 0 Å². The minimum Gasteiger partial charge on any atom is -0.496 e. The van der Waals surface area contributed by atoms with E-state index < -0.39 is 0 Å². The molecule has 0 spiro atoms. The van der Waals surface area contributed by atoms with Crippen LogP contribution in [0.15, 0.2) is 25.3 Å². The van der Waals surface area contributed by atoms with Crippen LogP contribution in [-0.2, 0) is 0 Å². The second-order valence-corrected chi connectivity index (χ2v) is 6.61. The lowest BCUT2D eigenvalue weighted by atomic mass is 9.98. The summed E-state index contributed by atoms with van der Waals surface area (Å²) >= 11 is 0. The summed E-state index contributed by atoms with van der Waals surface area (Å²) in [6.45, 7) is 15.3. The average Bonchev–Trinajstić information content (AvgIpc) is 2.53. The molecule has 1 rings (SSSR count). The Morgan fingerprint density at radius 2 is 1.57 bits per heavy atom. The highest BCUT2D eigenvalue weighted by molar-refractivity contribution is 5.66. The maximum atomic E-state index is 5.99. The van der Waals surface area contributed by atoms with E-state index >= 15 is 0 Å². The van der Waals surface area contributed by atoms with Crippen molar-refractivity contribution in [3.63, 3.8) is 0 Å². The minimum atomic E-state index is 0.693. The standard InChI is InChI=1S/C21H32O2/c1-7-18-15-21(19(8-2)14-20(18)22-6)23-13-12-17(5)11-9-10-16(3)4/h7-8,14-17H,1-2,9-13H2,3-6H3. The smallest absolute Gasteiger partial charge is 0.127 e. The Balaban J connectivity index is 2.56. The van der Waals surface area contributed by atoms with E-state index in [4.69, 9.17) is 9.47 Å². The summed E-state index contributed by atoms with van der Waals surface area (Å²) < 4.78 is 11.4. The Morgan fingerprint density at radius 3 is 2.13 bits per heavy atom. The van der Waals surface area contributed by atoms with Crippen molar-refractivity contribution >= 4 is 12.2 Å². The molecule has 0 bridgehead atoms. The highest BCUT2D eigenvalue weighted by Crippen LogP contribution is 2.30. The first-order valence-corrected chi connectivity index (χ1v) is 8.61. The molecule has 1 aromatic rings. The van der Waals surface area contributed by atoms with Crippen molar-refractivity contribution in [2.75, 3.05) is 13.7 Å². The Labute approximate surface area is 142 Å². The summed E-state index contributed by atoms with van der Waals surface area (Å²) in [6, 6.07) is 3.93. The predicted molar refractivity (Wildman–Crippen MR) is 101 cm³/mol. The molecule has 0 N–H and O–H groups in total. The molecule has 0 heterocycles. The van der Waals surface area contributed by atoms with E-state index in [1.54, 1.807) is 19.3 Å².